The van der Waals surface area contributed by atoms with Crippen LogP contribution in [0.3, 0.4) is 0 Å². The molecule has 0 spiro atoms. The first-order valence-electron chi connectivity index (χ1n) is 4.61. The van der Waals surface area contributed by atoms with Crippen LogP contribution in [0.4, 0.5) is 5.69 Å². The summed E-state index contributed by atoms with van der Waals surface area (Å²) < 4.78 is 0. The van der Waals surface area contributed by atoms with Gasteiger partial charge in [0, 0.05) is 18.8 Å². The molecule has 0 saturated carbocycles. The van der Waals surface area contributed by atoms with Gasteiger partial charge in [-0.05, 0) is 12.5 Å². The molecular weight excluding hydrogens is 176 g/mol. The van der Waals surface area contributed by atoms with E-state index in [-0.39, 0.29) is 6.04 Å². The summed E-state index contributed by atoms with van der Waals surface area (Å²) in [7, 11) is 0. The lowest BCUT2D eigenvalue weighted by Crippen LogP contribution is -2.28. The summed E-state index contributed by atoms with van der Waals surface area (Å²) in [6.07, 6.45) is 4.15. The molecule has 4 heteroatoms. The quantitative estimate of drug-likeness (QED) is 0.745. The number of aromatic nitrogens is 1. The smallest absolute Gasteiger partial charge is 0.101 e. The Morgan fingerprint density at radius 3 is 3.14 bits per heavy atom. The molecule has 0 aliphatic carbocycles. The normalized spacial score (nSPS) is 11.8. The van der Waals surface area contributed by atoms with Gasteiger partial charge >= 0.3 is 0 Å². The van der Waals surface area contributed by atoms with Crippen LogP contribution in [-0.4, -0.2) is 17.6 Å². The third-order valence-corrected chi connectivity index (χ3v) is 2.02. The zero-order chi connectivity index (χ0) is 10.4. The first-order chi connectivity index (χ1) is 6.77. The zero-order valence-corrected chi connectivity index (χ0v) is 8.20. The van der Waals surface area contributed by atoms with Gasteiger partial charge in [0.2, 0.25) is 0 Å². The molecule has 3 N–H and O–H groups in total. The molecule has 1 atom stereocenters. The number of pyridine rings is 1. The second kappa shape index (κ2) is 5.20. The van der Waals surface area contributed by atoms with E-state index < -0.39 is 0 Å². The average molecular weight is 190 g/mol. The number of nitrogens with zero attached hydrogens (tertiary/aromatic N) is 2. The van der Waals surface area contributed by atoms with Crippen molar-refractivity contribution in [1.82, 2.24) is 4.98 Å². The van der Waals surface area contributed by atoms with Crippen LogP contribution in [0.15, 0.2) is 18.5 Å². The Hall–Kier alpha value is -1.60. The first-order valence-corrected chi connectivity index (χ1v) is 4.61. The van der Waals surface area contributed by atoms with Crippen LogP contribution in [0.1, 0.15) is 18.9 Å². The Morgan fingerprint density at radius 1 is 1.71 bits per heavy atom. The van der Waals surface area contributed by atoms with Crippen LogP contribution in [0, 0.1) is 11.3 Å². The van der Waals surface area contributed by atoms with Gasteiger partial charge in [-0.25, -0.2) is 0 Å². The summed E-state index contributed by atoms with van der Waals surface area (Å²) in [5, 5.41) is 11.9. The van der Waals surface area contributed by atoms with Gasteiger partial charge < -0.3 is 11.1 Å². The van der Waals surface area contributed by atoms with Crippen molar-refractivity contribution in [2.45, 2.75) is 19.4 Å². The molecule has 0 bridgehead atoms. The fourth-order valence-electron chi connectivity index (χ4n) is 1.02. The van der Waals surface area contributed by atoms with Crippen LogP contribution in [-0.2, 0) is 0 Å². The van der Waals surface area contributed by atoms with Crippen molar-refractivity contribution in [1.29, 1.82) is 5.26 Å². The predicted molar refractivity (Wildman–Crippen MR) is 55.7 cm³/mol. The lowest BCUT2D eigenvalue weighted by molar-refractivity contribution is 0.679. The fraction of sp³-hybridized carbons (Fsp3) is 0.400. The van der Waals surface area contributed by atoms with E-state index in [1.165, 1.54) is 0 Å². The molecule has 0 aromatic carbocycles. The summed E-state index contributed by atoms with van der Waals surface area (Å²) in [5.74, 6) is 0. The highest BCUT2D eigenvalue weighted by molar-refractivity contribution is 5.55. The van der Waals surface area contributed by atoms with Crippen LogP contribution >= 0.6 is 0 Å². The van der Waals surface area contributed by atoms with E-state index in [1.54, 1.807) is 18.5 Å². The van der Waals surface area contributed by atoms with E-state index in [4.69, 9.17) is 11.0 Å². The molecule has 74 valence electrons. The average Bonchev–Trinajstić information content (AvgIpc) is 2.26. The molecule has 4 nitrogen and oxygen atoms in total. The van der Waals surface area contributed by atoms with Gasteiger partial charge in [0.1, 0.15) is 6.07 Å². The maximum absolute atomic E-state index is 8.79. The summed E-state index contributed by atoms with van der Waals surface area (Å²) in [5.41, 5.74) is 7.10. The Bertz CT molecular complexity index is 329. The van der Waals surface area contributed by atoms with E-state index in [9.17, 15) is 0 Å². The van der Waals surface area contributed by atoms with Crippen molar-refractivity contribution in [3.8, 4) is 6.07 Å². The van der Waals surface area contributed by atoms with Crippen LogP contribution in [0.2, 0.25) is 0 Å². The van der Waals surface area contributed by atoms with Gasteiger partial charge in [-0.15, -0.1) is 0 Å². The number of hydrogen-bond donors (Lipinski definition) is 2. The Kier molecular flexibility index (Phi) is 3.89. The summed E-state index contributed by atoms with van der Waals surface area (Å²) in [4.78, 5) is 3.94. The lowest BCUT2D eigenvalue weighted by Gasteiger charge is -2.11. The lowest BCUT2D eigenvalue weighted by atomic mass is 10.2. The molecule has 0 fully saturated rings. The number of rotatable bonds is 4. The summed E-state index contributed by atoms with van der Waals surface area (Å²) in [6, 6.07) is 3.89. The van der Waals surface area contributed by atoms with Crippen molar-refractivity contribution in [3.05, 3.63) is 24.0 Å². The maximum atomic E-state index is 8.79. The molecular formula is C10H14N4. The van der Waals surface area contributed by atoms with Gasteiger partial charge in [-0.1, -0.05) is 6.92 Å². The van der Waals surface area contributed by atoms with Crippen molar-refractivity contribution < 1.29 is 0 Å². The molecule has 0 aliphatic heterocycles. The Balaban J connectivity index is 2.63. The number of nitriles is 1. The second-order valence-corrected chi connectivity index (χ2v) is 3.08. The molecule has 1 aromatic heterocycles. The monoisotopic (exact) mass is 190 g/mol. The number of hydrogen-bond acceptors (Lipinski definition) is 4. The molecule has 1 unspecified atom stereocenters. The Labute approximate surface area is 83.8 Å². The van der Waals surface area contributed by atoms with Gasteiger partial charge in [-0.3, -0.25) is 4.98 Å². The predicted octanol–water partition coefficient (Wildman–Crippen LogP) is 1.10. The number of anilines is 1. The van der Waals surface area contributed by atoms with Gasteiger partial charge in [0.05, 0.1) is 17.4 Å². The van der Waals surface area contributed by atoms with E-state index in [0.717, 1.165) is 12.1 Å². The largest absolute Gasteiger partial charge is 0.381 e. The Morgan fingerprint density at radius 2 is 2.50 bits per heavy atom. The van der Waals surface area contributed by atoms with Crippen LogP contribution in [0.25, 0.3) is 0 Å². The SMILES string of the molecule is CCC(N)CNc1cnccc1C#N. The van der Waals surface area contributed by atoms with Gasteiger partial charge in [0.15, 0.2) is 0 Å². The minimum atomic E-state index is 0.113. The van der Waals surface area contributed by atoms with Crippen molar-refractivity contribution in [2.75, 3.05) is 11.9 Å². The zero-order valence-electron chi connectivity index (χ0n) is 8.20. The highest BCUT2D eigenvalue weighted by Crippen LogP contribution is 2.11. The van der Waals surface area contributed by atoms with Gasteiger partial charge in [-0.2, -0.15) is 5.26 Å². The minimum Gasteiger partial charge on any atom is -0.381 e. The molecule has 1 rings (SSSR count). The van der Waals surface area contributed by atoms with E-state index in [0.29, 0.717) is 12.1 Å². The van der Waals surface area contributed by atoms with Crippen molar-refractivity contribution in [2.24, 2.45) is 5.73 Å². The third kappa shape index (κ3) is 2.71. The number of nitrogens with two attached hydrogens (primary N) is 1. The first kappa shape index (κ1) is 10.5. The second-order valence-electron chi connectivity index (χ2n) is 3.08. The maximum Gasteiger partial charge on any atom is 0.101 e. The van der Waals surface area contributed by atoms with Crippen LogP contribution < -0.4 is 11.1 Å². The van der Waals surface area contributed by atoms with E-state index >= 15 is 0 Å². The molecule has 0 amide bonds. The van der Waals surface area contributed by atoms with Crippen LogP contribution in [0.5, 0.6) is 0 Å². The third-order valence-electron chi connectivity index (χ3n) is 2.02. The highest BCUT2D eigenvalue weighted by Gasteiger charge is 2.02. The molecule has 14 heavy (non-hydrogen) atoms. The van der Waals surface area contributed by atoms with Gasteiger partial charge in [0.25, 0.3) is 0 Å². The molecule has 1 heterocycles. The molecule has 0 radical (unpaired) electrons. The summed E-state index contributed by atoms with van der Waals surface area (Å²) >= 11 is 0. The summed E-state index contributed by atoms with van der Waals surface area (Å²) in [6.45, 7) is 2.69. The fourth-order valence-corrected chi connectivity index (χ4v) is 1.02. The van der Waals surface area contributed by atoms with E-state index in [2.05, 4.69) is 16.4 Å². The minimum absolute atomic E-state index is 0.113. The van der Waals surface area contributed by atoms with Crippen molar-refractivity contribution >= 4 is 5.69 Å². The highest BCUT2D eigenvalue weighted by atomic mass is 14.9. The van der Waals surface area contributed by atoms with E-state index in [1.807, 2.05) is 6.92 Å². The standard InChI is InChI=1S/C10H14N4/c1-2-9(12)6-14-10-7-13-4-3-8(10)5-11/h3-4,7,9,14H,2,6,12H2,1H3. The molecule has 0 saturated heterocycles. The van der Waals surface area contributed by atoms with Crippen molar-refractivity contribution in [3.63, 3.8) is 0 Å². The number of nitrogens with one attached hydrogen (secondary N) is 1. The molecule has 1 aromatic rings. The topological polar surface area (TPSA) is 74.7 Å². The molecule has 0 aliphatic rings.